The molecule has 0 amide bonds. The summed E-state index contributed by atoms with van der Waals surface area (Å²) in [5, 5.41) is 4.66. The lowest BCUT2D eigenvalue weighted by molar-refractivity contribution is 0.495. The van der Waals surface area contributed by atoms with Crippen molar-refractivity contribution in [2.75, 3.05) is 18.0 Å². The van der Waals surface area contributed by atoms with Gasteiger partial charge in [-0.25, -0.2) is 4.98 Å². The Labute approximate surface area is 119 Å². The summed E-state index contributed by atoms with van der Waals surface area (Å²) in [5.74, 6) is 1.16. The van der Waals surface area contributed by atoms with E-state index in [2.05, 4.69) is 29.9 Å². The minimum Gasteiger partial charge on any atom is -0.356 e. The summed E-state index contributed by atoms with van der Waals surface area (Å²) in [4.78, 5) is 7.13. The molecule has 20 heavy (non-hydrogen) atoms. The van der Waals surface area contributed by atoms with Gasteiger partial charge in [0.25, 0.3) is 0 Å². The lowest BCUT2D eigenvalue weighted by Gasteiger charge is -2.32. The summed E-state index contributed by atoms with van der Waals surface area (Å²) in [5.41, 5.74) is 10.4. The number of nitrogens with two attached hydrogens (primary N) is 1. The van der Waals surface area contributed by atoms with Crippen LogP contribution in [0, 0.1) is 13.8 Å². The molecule has 0 bridgehead atoms. The third-order valence-electron chi connectivity index (χ3n) is 4.32. The second-order valence-corrected chi connectivity index (χ2v) is 5.73. The maximum Gasteiger partial charge on any atom is 0.160 e. The Morgan fingerprint density at radius 2 is 2.00 bits per heavy atom. The van der Waals surface area contributed by atoms with Crippen LogP contribution in [0.5, 0.6) is 0 Å². The highest BCUT2D eigenvalue weighted by Crippen LogP contribution is 2.24. The number of nitrogens with zero attached hydrogens (tertiary/aromatic N) is 4. The number of hydrogen-bond acceptors (Lipinski definition) is 4. The van der Waals surface area contributed by atoms with Gasteiger partial charge < -0.3 is 10.6 Å². The van der Waals surface area contributed by atoms with Crippen molar-refractivity contribution in [2.24, 2.45) is 5.73 Å². The van der Waals surface area contributed by atoms with Crippen LogP contribution in [0.15, 0.2) is 6.07 Å². The lowest BCUT2D eigenvalue weighted by atomic mass is 10.1. The van der Waals surface area contributed by atoms with Gasteiger partial charge in [0, 0.05) is 36.5 Å². The molecule has 0 spiro atoms. The van der Waals surface area contributed by atoms with E-state index in [1.54, 1.807) is 0 Å². The molecule has 2 aromatic rings. The van der Waals surface area contributed by atoms with Crippen LogP contribution in [0.2, 0.25) is 0 Å². The zero-order valence-corrected chi connectivity index (χ0v) is 12.6. The number of aromatic nitrogens is 3. The van der Waals surface area contributed by atoms with E-state index in [9.17, 15) is 0 Å². The topological polar surface area (TPSA) is 59.5 Å². The second-order valence-electron chi connectivity index (χ2n) is 5.73. The maximum absolute atomic E-state index is 6.01. The molecule has 5 nitrogen and oxygen atoms in total. The van der Waals surface area contributed by atoms with Crippen LogP contribution in [-0.4, -0.2) is 33.7 Å². The smallest absolute Gasteiger partial charge is 0.160 e. The largest absolute Gasteiger partial charge is 0.356 e. The van der Waals surface area contributed by atoms with E-state index in [1.807, 2.05) is 11.4 Å². The Bertz CT molecular complexity index is 623. The second kappa shape index (κ2) is 5.05. The van der Waals surface area contributed by atoms with Crippen molar-refractivity contribution >= 4 is 11.5 Å². The zero-order valence-electron chi connectivity index (χ0n) is 12.6. The Balaban J connectivity index is 2.11. The Morgan fingerprint density at radius 1 is 1.30 bits per heavy atom. The number of piperidine rings is 1. The van der Waals surface area contributed by atoms with E-state index in [-0.39, 0.29) is 0 Å². The fraction of sp³-hybridized carbons (Fsp3) is 0.600. The van der Waals surface area contributed by atoms with Gasteiger partial charge in [-0.2, -0.15) is 9.61 Å². The number of fused-ring (bicyclic) bond motifs is 1. The van der Waals surface area contributed by atoms with Crippen LogP contribution < -0.4 is 10.6 Å². The summed E-state index contributed by atoms with van der Waals surface area (Å²) >= 11 is 0. The summed E-state index contributed by atoms with van der Waals surface area (Å²) < 4.78 is 2.00. The molecular formula is C15H23N5. The van der Waals surface area contributed by atoms with Crippen LogP contribution in [0.4, 0.5) is 5.82 Å². The first-order valence-electron chi connectivity index (χ1n) is 7.46. The molecular weight excluding hydrogens is 250 g/mol. The molecule has 2 N–H and O–H groups in total. The van der Waals surface area contributed by atoms with E-state index in [0.29, 0.717) is 6.04 Å². The van der Waals surface area contributed by atoms with Crippen molar-refractivity contribution in [3.8, 4) is 0 Å². The van der Waals surface area contributed by atoms with Crippen molar-refractivity contribution in [2.45, 2.75) is 46.1 Å². The van der Waals surface area contributed by atoms with Crippen molar-refractivity contribution < 1.29 is 0 Å². The molecule has 1 aliphatic heterocycles. The molecule has 0 aliphatic carbocycles. The van der Waals surface area contributed by atoms with Gasteiger partial charge in [0.05, 0.1) is 5.69 Å². The standard InChI is InChI=1S/C15H23N5/c1-4-13-9-14(19-7-5-12(16)6-8-19)20-15(17-13)10(2)11(3)18-20/h9,12H,4-8,16H2,1-3H3. The first-order chi connectivity index (χ1) is 9.60. The van der Waals surface area contributed by atoms with Gasteiger partial charge in [-0.3, -0.25) is 0 Å². The first-order valence-corrected chi connectivity index (χ1v) is 7.46. The van der Waals surface area contributed by atoms with Gasteiger partial charge >= 0.3 is 0 Å². The van der Waals surface area contributed by atoms with Crippen LogP contribution in [0.3, 0.4) is 0 Å². The number of anilines is 1. The summed E-state index contributed by atoms with van der Waals surface area (Å²) in [6, 6.07) is 2.52. The van der Waals surface area contributed by atoms with Gasteiger partial charge in [-0.15, -0.1) is 0 Å². The quantitative estimate of drug-likeness (QED) is 0.907. The fourth-order valence-corrected chi connectivity index (χ4v) is 2.80. The predicted octanol–water partition coefficient (Wildman–Crippen LogP) is 1.84. The van der Waals surface area contributed by atoms with Gasteiger partial charge in [0.1, 0.15) is 5.82 Å². The Morgan fingerprint density at radius 3 is 2.65 bits per heavy atom. The Hall–Kier alpha value is -1.62. The summed E-state index contributed by atoms with van der Waals surface area (Å²) in [7, 11) is 0. The molecule has 1 fully saturated rings. The highest BCUT2D eigenvalue weighted by Gasteiger charge is 2.20. The lowest BCUT2D eigenvalue weighted by Crippen LogP contribution is -2.40. The average Bonchev–Trinajstić information content (AvgIpc) is 2.75. The minimum absolute atomic E-state index is 0.343. The van der Waals surface area contributed by atoms with Crippen LogP contribution in [0.25, 0.3) is 5.65 Å². The highest BCUT2D eigenvalue weighted by molar-refractivity contribution is 5.57. The van der Waals surface area contributed by atoms with E-state index in [1.165, 1.54) is 5.56 Å². The molecule has 0 atom stereocenters. The highest BCUT2D eigenvalue weighted by atomic mass is 15.4. The Kier molecular flexibility index (Phi) is 3.38. The molecule has 1 saturated heterocycles. The van der Waals surface area contributed by atoms with Gasteiger partial charge in [-0.1, -0.05) is 6.92 Å². The van der Waals surface area contributed by atoms with Crippen LogP contribution in [-0.2, 0) is 6.42 Å². The fourth-order valence-electron chi connectivity index (χ4n) is 2.80. The number of hydrogen-bond donors (Lipinski definition) is 1. The normalized spacial score (nSPS) is 17.1. The number of aryl methyl sites for hydroxylation is 3. The van der Waals surface area contributed by atoms with E-state index in [0.717, 1.165) is 55.2 Å². The van der Waals surface area contributed by atoms with Gasteiger partial charge in [0.2, 0.25) is 0 Å². The molecule has 2 aromatic heterocycles. The van der Waals surface area contributed by atoms with E-state index < -0.39 is 0 Å². The van der Waals surface area contributed by atoms with E-state index >= 15 is 0 Å². The molecule has 0 unspecified atom stereocenters. The minimum atomic E-state index is 0.343. The zero-order chi connectivity index (χ0) is 14.3. The van der Waals surface area contributed by atoms with Crippen LogP contribution in [0.1, 0.15) is 36.7 Å². The molecule has 0 radical (unpaired) electrons. The SMILES string of the molecule is CCc1cc(N2CCC(N)CC2)n2nc(C)c(C)c2n1. The molecule has 1 aliphatic rings. The average molecular weight is 273 g/mol. The molecule has 3 rings (SSSR count). The molecule has 0 aromatic carbocycles. The first kappa shape index (κ1) is 13.4. The molecule has 5 heteroatoms. The molecule has 0 saturated carbocycles. The van der Waals surface area contributed by atoms with Gasteiger partial charge in [-0.05, 0) is 33.1 Å². The number of rotatable bonds is 2. The van der Waals surface area contributed by atoms with Crippen molar-refractivity contribution in [3.63, 3.8) is 0 Å². The van der Waals surface area contributed by atoms with E-state index in [4.69, 9.17) is 10.7 Å². The molecule has 108 valence electrons. The monoisotopic (exact) mass is 273 g/mol. The van der Waals surface area contributed by atoms with Crippen molar-refractivity contribution in [3.05, 3.63) is 23.0 Å². The third-order valence-corrected chi connectivity index (χ3v) is 4.32. The van der Waals surface area contributed by atoms with Crippen molar-refractivity contribution in [1.82, 2.24) is 14.6 Å². The maximum atomic E-state index is 6.01. The van der Waals surface area contributed by atoms with Crippen LogP contribution >= 0.6 is 0 Å². The van der Waals surface area contributed by atoms with Crippen molar-refractivity contribution in [1.29, 1.82) is 0 Å². The third kappa shape index (κ3) is 2.16. The summed E-state index contributed by atoms with van der Waals surface area (Å²) in [6.07, 6.45) is 3.04. The van der Waals surface area contributed by atoms with Gasteiger partial charge in [0.15, 0.2) is 5.65 Å². The predicted molar refractivity (Wildman–Crippen MR) is 81.3 cm³/mol. The molecule has 3 heterocycles. The summed E-state index contributed by atoms with van der Waals surface area (Å²) in [6.45, 7) is 8.29.